The van der Waals surface area contributed by atoms with Crippen molar-refractivity contribution in [1.82, 2.24) is 0 Å². The summed E-state index contributed by atoms with van der Waals surface area (Å²) >= 11 is 3.50. The molecule has 2 aromatic carbocycles. The summed E-state index contributed by atoms with van der Waals surface area (Å²) in [5.41, 5.74) is 4.06. The number of fused-ring (bicyclic) bond motifs is 1. The van der Waals surface area contributed by atoms with Gasteiger partial charge in [-0.2, -0.15) is 0 Å². The molecular formula is C26H24BrO4. The standard InChI is InChI=1S/C26H24BrO4/c1-2-8-20-11-12-24-22(15-20)16-25(31-24)23-10-5-4-9-21(23)17-28-18-29-19-30-26(27)13-6-3-7-14-26/h2,4-6,8-16H,3,17-19H2,1H3/b8-2-. The molecule has 0 saturated heterocycles. The molecule has 0 aliphatic heterocycles. The second kappa shape index (κ2) is 10.2. The zero-order valence-electron chi connectivity index (χ0n) is 17.3. The first-order valence-corrected chi connectivity index (χ1v) is 10.9. The Morgan fingerprint density at radius 1 is 1.13 bits per heavy atom. The third-order valence-corrected chi connectivity index (χ3v) is 5.57. The Morgan fingerprint density at radius 2 is 2.03 bits per heavy atom. The van der Waals surface area contributed by atoms with Gasteiger partial charge in [0.2, 0.25) is 0 Å². The molecule has 1 aromatic heterocycles. The molecule has 3 aromatic rings. The summed E-state index contributed by atoms with van der Waals surface area (Å²) in [6.45, 7) is 2.65. The molecule has 1 aliphatic carbocycles. The monoisotopic (exact) mass is 479 g/mol. The summed E-state index contributed by atoms with van der Waals surface area (Å²) in [5.74, 6) is 0.824. The summed E-state index contributed by atoms with van der Waals surface area (Å²) in [5, 5.41) is 1.08. The zero-order valence-corrected chi connectivity index (χ0v) is 18.9. The molecule has 1 radical (unpaired) electrons. The van der Waals surface area contributed by atoms with Crippen LogP contribution in [-0.2, 0) is 20.8 Å². The number of hydrogen-bond donors (Lipinski definition) is 0. The first-order valence-electron chi connectivity index (χ1n) is 10.2. The van der Waals surface area contributed by atoms with E-state index in [1.807, 2.05) is 61.6 Å². The van der Waals surface area contributed by atoms with E-state index in [9.17, 15) is 0 Å². The van der Waals surface area contributed by atoms with Crippen molar-refractivity contribution >= 4 is 33.0 Å². The number of ether oxygens (including phenoxy) is 3. The van der Waals surface area contributed by atoms with E-state index in [1.54, 1.807) is 0 Å². The summed E-state index contributed by atoms with van der Waals surface area (Å²) in [4.78, 5) is 0. The van der Waals surface area contributed by atoms with Crippen molar-refractivity contribution in [2.75, 3.05) is 13.6 Å². The van der Waals surface area contributed by atoms with Crippen LogP contribution in [-0.4, -0.2) is 18.1 Å². The number of halogens is 1. The highest BCUT2D eigenvalue weighted by Gasteiger charge is 2.21. The van der Waals surface area contributed by atoms with Gasteiger partial charge in [-0.05, 0) is 76.8 Å². The van der Waals surface area contributed by atoms with Crippen LogP contribution >= 0.6 is 15.9 Å². The minimum absolute atomic E-state index is 0.105. The number of benzene rings is 2. The molecular weight excluding hydrogens is 456 g/mol. The Balaban J connectivity index is 1.35. The Hall–Kier alpha value is -2.44. The van der Waals surface area contributed by atoms with Crippen LogP contribution in [0.1, 0.15) is 24.5 Å². The van der Waals surface area contributed by atoms with Crippen LogP contribution in [0.15, 0.2) is 77.3 Å². The van der Waals surface area contributed by atoms with E-state index in [4.69, 9.17) is 18.6 Å². The fourth-order valence-electron chi connectivity index (χ4n) is 3.38. The SMILES string of the molecule is C/C=C\c1ccc2oc(-c3ccccc3COCOCOC3(Br)C=[C]CC=C3)cc2c1. The number of rotatable bonds is 9. The molecule has 159 valence electrons. The van der Waals surface area contributed by atoms with Gasteiger partial charge in [0.25, 0.3) is 0 Å². The van der Waals surface area contributed by atoms with Crippen molar-refractivity contribution in [2.24, 2.45) is 0 Å². The molecule has 4 nitrogen and oxygen atoms in total. The fraction of sp³-hybridized carbons (Fsp3) is 0.231. The molecule has 1 atom stereocenters. The minimum atomic E-state index is -0.647. The van der Waals surface area contributed by atoms with Crippen molar-refractivity contribution < 1.29 is 18.6 Å². The first-order chi connectivity index (χ1) is 15.2. The van der Waals surface area contributed by atoms with E-state index < -0.39 is 4.51 Å². The van der Waals surface area contributed by atoms with Gasteiger partial charge in [0.05, 0.1) is 6.61 Å². The number of alkyl halides is 1. The summed E-state index contributed by atoms with van der Waals surface area (Å²) in [6, 6.07) is 16.3. The van der Waals surface area contributed by atoms with Crippen molar-refractivity contribution in [3.8, 4) is 11.3 Å². The molecule has 1 aliphatic rings. The molecule has 0 fully saturated rings. The average molecular weight is 480 g/mol. The molecule has 5 heteroatoms. The largest absolute Gasteiger partial charge is 0.456 e. The Kier molecular flexibility index (Phi) is 7.20. The van der Waals surface area contributed by atoms with Crippen LogP contribution in [0.2, 0.25) is 0 Å². The van der Waals surface area contributed by atoms with E-state index in [-0.39, 0.29) is 13.6 Å². The van der Waals surface area contributed by atoms with Gasteiger partial charge < -0.3 is 18.6 Å². The third kappa shape index (κ3) is 5.63. The molecule has 0 bridgehead atoms. The van der Waals surface area contributed by atoms with Gasteiger partial charge in [0.1, 0.15) is 18.1 Å². The number of allylic oxidation sites excluding steroid dienone is 3. The lowest BCUT2D eigenvalue weighted by molar-refractivity contribution is -0.144. The minimum Gasteiger partial charge on any atom is -0.456 e. The van der Waals surface area contributed by atoms with Gasteiger partial charge >= 0.3 is 0 Å². The van der Waals surface area contributed by atoms with Crippen LogP contribution < -0.4 is 0 Å². The lowest BCUT2D eigenvalue weighted by atomic mass is 10.1. The lowest BCUT2D eigenvalue weighted by Gasteiger charge is -2.22. The highest BCUT2D eigenvalue weighted by molar-refractivity contribution is 9.10. The van der Waals surface area contributed by atoms with Gasteiger partial charge in [-0.3, -0.25) is 0 Å². The molecule has 0 saturated carbocycles. The van der Waals surface area contributed by atoms with Gasteiger partial charge in [-0.15, -0.1) is 0 Å². The average Bonchev–Trinajstić information content (AvgIpc) is 3.20. The molecule has 4 rings (SSSR count). The van der Waals surface area contributed by atoms with Gasteiger partial charge in [-0.1, -0.05) is 48.6 Å². The number of furan rings is 1. The predicted molar refractivity (Wildman–Crippen MR) is 126 cm³/mol. The van der Waals surface area contributed by atoms with Crippen LogP contribution in [0.5, 0.6) is 0 Å². The Bertz CT molecular complexity index is 1100. The second-order valence-corrected chi connectivity index (χ2v) is 8.39. The maximum Gasteiger partial charge on any atom is 0.163 e. The van der Waals surface area contributed by atoms with E-state index in [0.29, 0.717) is 6.61 Å². The van der Waals surface area contributed by atoms with Crippen molar-refractivity contribution in [3.05, 3.63) is 90.0 Å². The number of hydrogen-bond acceptors (Lipinski definition) is 4. The fourth-order valence-corrected chi connectivity index (χ4v) is 3.82. The van der Waals surface area contributed by atoms with E-state index in [0.717, 1.165) is 39.8 Å². The molecule has 1 unspecified atom stereocenters. The predicted octanol–water partition coefficient (Wildman–Crippen LogP) is 7.01. The van der Waals surface area contributed by atoms with Crippen molar-refractivity contribution in [3.63, 3.8) is 0 Å². The van der Waals surface area contributed by atoms with Gasteiger partial charge in [-0.25, -0.2) is 0 Å². The Morgan fingerprint density at radius 3 is 2.87 bits per heavy atom. The van der Waals surface area contributed by atoms with Gasteiger partial charge in [0, 0.05) is 10.9 Å². The summed E-state index contributed by atoms with van der Waals surface area (Å²) < 4.78 is 22.3. The Labute approximate surface area is 190 Å². The van der Waals surface area contributed by atoms with Crippen LogP contribution in [0.3, 0.4) is 0 Å². The van der Waals surface area contributed by atoms with Crippen molar-refractivity contribution in [1.29, 1.82) is 0 Å². The molecule has 1 heterocycles. The summed E-state index contributed by atoms with van der Waals surface area (Å²) in [7, 11) is 0. The van der Waals surface area contributed by atoms with E-state index in [1.165, 1.54) is 0 Å². The second-order valence-electron chi connectivity index (χ2n) is 7.15. The molecule has 0 N–H and O–H groups in total. The third-order valence-electron chi connectivity index (χ3n) is 4.85. The first kappa shape index (κ1) is 21.8. The van der Waals surface area contributed by atoms with Crippen LogP contribution in [0, 0.1) is 6.08 Å². The zero-order chi connectivity index (χ0) is 21.5. The normalized spacial score (nSPS) is 15.3. The summed E-state index contributed by atoms with van der Waals surface area (Å²) in [6.07, 6.45) is 13.8. The lowest BCUT2D eigenvalue weighted by Crippen LogP contribution is -2.22. The molecule has 31 heavy (non-hydrogen) atoms. The van der Waals surface area contributed by atoms with Crippen LogP contribution in [0.4, 0.5) is 0 Å². The highest BCUT2D eigenvalue weighted by Crippen LogP contribution is 2.31. The smallest absolute Gasteiger partial charge is 0.163 e. The van der Waals surface area contributed by atoms with Crippen LogP contribution in [0.25, 0.3) is 28.4 Å². The quantitative estimate of drug-likeness (QED) is 0.143. The van der Waals surface area contributed by atoms with Gasteiger partial charge in [0.15, 0.2) is 11.3 Å². The van der Waals surface area contributed by atoms with Crippen molar-refractivity contribution in [2.45, 2.75) is 24.5 Å². The molecule has 0 amide bonds. The maximum atomic E-state index is 6.10. The van der Waals surface area contributed by atoms with E-state index >= 15 is 0 Å². The maximum absolute atomic E-state index is 6.10. The molecule has 0 spiro atoms. The highest BCUT2D eigenvalue weighted by atomic mass is 79.9. The topological polar surface area (TPSA) is 40.8 Å². The van der Waals surface area contributed by atoms with E-state index in [2.05, 4.69) is 46.3 Å².